The largest absolute Gasteiger partial charge is 0.347 e. The van der Waals surface area contributed by atoms with Gasteiger partial charge in [0.15, 0.2) is 0 Å². The van der Waals surface area contributed by atoms with Crippen molar-refractivity contribution in [1.29, 1.82) is 0 Å². The number of H-pyrrole nitrogens is 1. The van der Waals surface area contributed by atoms with Crippen LogP contribution in [0.1, 0.15) is 11.4 Å². The zero-order valence-electron chi connectivity index (χ0n) is 12.9. The number of benzene rings is 1. The van der Waals surface area contributed by atoms with Crippen molar-refractivity contribution >= 4 is 10.0 Å². The molecule has 0 radical (unpaired) electrons. The lowest BCUT2D eigenvalue weighted by molar-refractivity contribution is 0.385. The lowest BCUT2D eigenvalue weighted by Crippen LogP contribution is -2.36. The molecule has 1 aromatic carbocycles. The summed E-state index contributed by atoms with van der Waals surface area (Å²) in [5.41, 5.74) is 3.80. The minimum atomic E-state index is -3.51. The predicted molar refractivity (Wildman–Crippen MR) is 89.6 cm³/mol. The summed E-state index contributed by atoms with van der Waals surface area (Å²) in [7, 11) is -3.51. The van der Waals surface area contributed by atoms with Crippen LogP contribution in [0.5, 0.6) is 0 Å². The Hall–Kier alpha value is -2.51. The first-order valence-electron chi connectivity index (χ1n) is 7.66. The van der Waals surface area contributed by atoms with Gasteiger partial charge in [0.05, 0.1) is 29.2 Å². The number of nitrogens with zero attached hydrogens (tertiary/aromatic N) is 3. The fourth-order valence-electron chi connectivity index (χ4n) is 2.91. The van der Waals surface area contributed by atoms with Crippen LogP contribution in [0.3, 0.4) is 0 Å². The molecule has 0 atom stereocenters. The zero-order chi connectivity index (χ0) is 16.6. The molecule has 122 valence electrons. The molecule has 0 spiro atoms. The molecule has 2 aromatic heterocycles. The maximum atomic E-state index is 12.8. The first kappa shape index (κ1) is 15.0. The van der Waals surface area contributed by atoms with Crippen molar-refractivity contribution in [2.45, 2.75) is 17.9 Å². The van der Waals surface area contributed by atoms with Crippen LogP contribution in [0.4, 0.5) is 0 Å². The zero-order valence-corrected chi connectivity index (χ0v) is 13.7. The maximum absolute atomic E-state index is 12.8. The molecular weight excluding hydrogens is 324 g/mol. The minimum Gasteiger partial charge on any atom is -0.347 e. The van der Waals surface area contributed by atoms with Crippen LogP contribution in [0, 0.1) is 0 Å². The van der Waals surface area contributed by atoms with Crippen molar-refractivity contribution in [3.05, 3.63) is 66.5 Å². The molecule has 0 saturated heterocycles. The normalized spacial score (nSPS) is 15.2. The number of sulfonamides is 1. The van der Waals surface area contributed by atoms with Crippen LogP contribution in [0.25, 0.3) is 11.1 Å². The Balaban J connectivity index is 1.61. The van der Waals surface area contributed by atoms with Gasteiger partial charge in [0.2, 0.25) is 10.0 Å². The third kappa shape index (κ3) is 2.61. The second-order valence-corrected chi connectivity index (χ2v) is 7.61. The Kier molecular flexibility index (Phi) is 3.66. The van der Waals surface area contributed by atoms with Crippen LogP contribution in [-0.4, -0.2) is 34.2 Å². The van der Waals surface area contributed by atoms with E-state index in [0.29, 0.717) is 24.4 Å². The fraction of sp³-hybridized carbons (Fsp3) is 0.176. The van der Waals surface area contributed by atoms with E-state index in [0.717, 1.165) is 22.5 Å². The summed E-state index contributed by atoms with van der Waals surface area (Å²) in [4.78, 5) is 11.5. The van der Waals surface area contributed by atoms with E-state index in [1.165, 1.54) is 4.31 Å². The third-order valence-corrected chi connectivity index (χ3v) is 6.11. The Morgan fingerprint density at radius 2 is 1.71 bits per heavy atom. The van der Waals surface area contributed by atoms with Gasteiger partial charge in [0.1, 0.15) is 0 Å². The summed E-state index contributed by atoms with van der Waals surface area (Å²) in [6.07, 6.45) is 5.68. The van der Waals surface area contributed by atoms with Gasteiger partial charge in [-0.05, 0) is 35.4 Å². The van der Waals surface area contributed by atoms with E-state index in [-0.39, 0.29) is 0 Å². The van der Waals surface area contributed by atoms with Crippen LogP contribution < -0.4 is 0 Å². The summed E-state index contributed by atoms with van der Waals surface area (Å²) in [6.45, 7) is 0.788. The third-order valence-electron chi connectivity index (χ3n) is 4.25. The van der Waals surface area contributed by atoms with Crippen molar-refractivity contribution in [2.24, 2.45) is 0 Å². The van der Waals surface area contributed by atoms with Gasteiger partial charge in [0, 0.05) is 25.4 Å². The maximum Gasteiger partial charge on any atom is 0.243 e. The van der Waals surface area contributed by atoms with E-state index < -0.39 is 10.0 Å². The average Bonchev–Trinajstić information content (AvgIpc) is 3.10. The number of fused-ring (bicyclic) bond motifs is 1. The van der Waals surface area contributed by atoms with Gasteiger partial charge in [-0.2, -0.15) is 4.31 Å². The molecule has 0 aliphatic carbocycles. The van der Waals surface area contributed by atoms with Crippen molar-refractivity contribution in [3.63, 3.8) is 0 Å². The summed E-state index contributed by atoms with van der Waals surface area (Å²) in [5.74, 6) is 0. The second-order valence-electron chi connectivity index (χ2n) is 5.68. The van der Waals surface area contributed by atoms with Crippen molar-refractivity contribution < 1.29 is 8.42 Å². The molecule has 3 aromatic rings. The number of hydrogen-bond acceptors (Lipinski definition) is 4. The number of aromatic nitrogens is 3. The highest BCUT2D eigenvalue weighted by Gasteiger charge is 2.29. The number of aromatic amines is 1. The summed E-state index contributed by atoms with van der Waals surface area (Å²) in [6, 6.07) is 10.8. The number of rotatable bonds is 3. The number of imidazole rings is 1. The van der Waals surface area contributed by atoms with Crippen LogP contribution >= 0.6 is 0 Å². The monoisotopic (exact) mass is 340 g/mol. The molecular formula is C17H16N4O2S. The molecule has 0 amide bonds. The first-order chi connectivity index (χ1) is 11.6. The molecule has 24 heavy (non-hydrogen) atoms. The number of hydrogen-bond donors (Lipinski definition) is 1. The molecule has 1 aliphatic rings. The molecule has 0 unspecified atom stereocenters. The van der Waals surface area contributed by atoms with Gasteiger partial charge in [0.25, 0.3) is 0 Å². The second kappa shape index (κ2) is 5.85. The Labute approximate surface area is 140 Å². The Morgan fingerprint density at radius 1 is 1.00 bits per heavy atom. The molecule has 0 saturated carbocycles. The molecule has 0 bridgehead atoms. The van der Waals surface area contributed by atoms with Crippen molar-refractivity contribution in [3.8, 4) is 11.1 Å². The van der Waals surface area contributed by atoms with E-state index in [9.17, 15) is 8.42 Å². The molecule has 3 heterocycles. The van der Waals surface area contributed by atoms with Crippen LogP contribution in [0.2, 0.25) is 0 Å². The van der Waals surface area contributed by atoms with E-state index >= 15 is 0 Å². The summed E-state index contributed by atoms with van der Waals surface area (Å²) in [5, 5.41) is 0. The van der Waals surface area contributed by atoms with Crippen LogP contribution in [-0.2, 0) is 23.0 Å². The molecule has 7 heteroatoms. The van der Waals surface area contributed by atoms with Gasteiger partial charge in [-0.3, -0.25) is 4.98 Å². The van der Waals surface area contributed by atoms with Gasteiger partial charge in [-0.1, -0.05) is 12.1 Å². The standard InChI is InChI=1S/C17H16N4O2S/c22-24(23,21-10-7-16-17(11-21)20-12-19-16)15-3-1-13(2-4-15)14-5-8-18-9-6-14/h1-6,8-9,12H,7,10-11H2,(H,19,20). The van der Waals surface area contributed by atoms with Gasteiger partial charge in [-0.15, -0.1) is 0 Å². The lowest BCUT2D eigenvalue weighted by Gasteiger charge is -2.25. The molecule has 0 fully saturated rings. The summed E-state index contributed by atoms with van der Waals surface area (Å²) >= 11 is 0. The molecule has 1 N–H and O–H groups in total. The quantitative estimate of drug-likeness (QED) is 0.793. The Bertz CT molecular complexity index is 950. The first-order valence-corrected chi connectivity index (χ1v) is 9.10. The summed E-state index contributed by atoms with van der Waals surface area (Å²) < 4.78 is 27.2. The lowest BCUT2D eigenvalue weighted by atomic mass is 10.1. The molecule has 6 nitrogen and oxygen atoms in total. The number of pyridine rings is 1. The average molecular weight is 340 g/mol. The van der Waals surface area contributed by atoms with E-state index in [1.807, 2.05) is 24.3 Å². The SMILES string of the molecule is O=S(=O)(c1ccc(-c2ccncc2)cc1)N1CCc2nc[nH]c2C1. The van der Waals surface area contributed by atoms with E-state index in [4.69, 9.17) is 0 Å². The Morgan fingerprint density at radius 3 is 2.46 bits per heavy atom. The van der Waals surface area contributed by atoms with E-state index in [2.05, 4.69) is 15.0 Å². The highest BCUT2D eigenvalue weighted by molar-refractivity contribution is 7.89. The van der Waals surface area contributed by atoms with E-state index in [1.54, 1.807) is 30.9 Å². The minimum absolute atomic E-state index is 0.309. The highest BCUT2D eigenvalue weighted by Crippen LogP contribution is 2.25. The molecule has 4 rings (SSSR count). The highest BCUT2D eigenvalue weighted by atomic mass is 32.2. The van der Waals surface area contributed by atoms with Crippen molar-refractivity contribution in [2.75, 3.05) is 6.54 Å². The topological polar surface area (TPSA) is 79.0 Å². The van der Waals surface area contributed by atoms with Crippen LogP contribution in [0.15, 0.2) is 60.0 Å². The fourth-order valence-corrected chi connectivity index (χ4v) is 4.31. The van der Waals surface area contributed by atoms with Gasteiger partial charge in [-0.25, -0.2) is 13.4 Å². The smallest absolute Gasteiger partial charge is 0.243 e. The number of nitrogens with one attached hydrogen (secondary N) is 1. The molecule has 1 aliphatic heterocycles. The van der Waals surface area contributed by atoms with Crippen molar-refractivity contribution in [1.82, 2.24) is 19.3 Å². The predicted octanol–water partition coefficient (Wildman–Crippen LogP) is 2.22. The van der Waals surface area contributed by atoms with Gasteiger partial charge < -0.3 is 4.98 Å². The van der Waals surface area contributed by atoms with Gasteiger partial charge >= 0.3 is 0 Å².